The van der Waals surface area contributed by atoms with Gasteiger partial charge in [-0.15, -0.1) is 0 Å². The average molecular weight is 416 g/mol. The Bertz CT molecular complexity index is 887. The fourth-order valence-electron chi connectivity index (χ4n) is 2.95. The molecule has 1 aliphatic carbocycles. The highest BCUT2D eigenvalue weighted by Crippen LogP contribution is 2.38. The Kier molecular flexibility index (Phi) is 5.42. The predicted molar refractivity (Wildman–Crippen MR) is 102 cm³/mol. The fraction of sp³-hybridized carbons (Fsp3) is 0.200. The van der Waals surface area contributed by atoms with Crippen LogP contribution in [0.5, 0.6) is 5.75 Å². The van der Waals surface area contributed by atoms with Gasteiger partial charge < -0.3 is 15.2 Å². The van der Waals surface area contributed by atoms with Crippen LogP contribution in [0.4, 0.5) is 0 Å². The highest BCUT2D eigenvalue weighted by molar-refractivity contribution is 9.10. The van der Waals surface area contributed by atoms with Crippen LogP contribution in [0.3, 0.4) is 0 Å². The molecule has 2 aromatic carbocycles. The highest BCUT2D eigenvalue weighted by Gasteiger charge is 2.29. The van der Waals surface area contributed by atoms with Gasteiger partial charge in [0.2, 0.25) is 5.91 Å². The molecule has 0 aliphatic heterocycles. The van der Waals surface area contributed by atoms with Crippen molar-refractivity contribution in [3.05, 3.63) is 69.2 Å². The van der Waals surface area contributed by atoms with Crippen LogP contribution < -0.4 is 10.5 Å². The molecular formula is C20H18BrNO4. The van der Waals surface area contributed by atoms with E-state index in [4.69, 9.17) is 15.2 Å². The van der Waals surface area contributed by atoms with E-state index in [1.165, 1.54) is 0 Å². The molecular weight excluding hydrogens is 398 g/mol. The van der Waals surface area contributed by atoms with Gasteiger partial charge in [-0.2, -0.15) is 0 Å². The second-order valence-electron chi connectivity index (χ2n) is 5.81. The van der Waals surface area contributed by atoms with Gasteiger partial charge in [0.25, 0.3) is 0 Å². The van der Waals surface area contributed by atoms with Crippen molar-refractivity contribution >= 4 is 33.4 Å². The van der Waals surface area contributed by atoms with Crippen LogP contribution >= 0.6 is 15.9 Å². The molecule has 2 N–H and O–H groups in total. The van der Waals surface area contributed by atoms with E-state index in [0.717, 1.165) is 21.2 Å². The molecule has 0 spiro atoms. The van der Waals surface area contributed by atoms with Gasteiger partial charge in [0, 0.05) is 27.6 Å². The number of carbonyl (C=O) groups excluding carboxylic acids is 2. The Balaban J connectivity index is 1.87. The van der Waals surface area contributed by atoms with Crippen LogP contribution in [0.15, 0.2) is 52.5 Å². The molecule has 0 saturated carbocycles. The van der Waals surface area contributed by atoms with E-state index >= 15 is 0 Å². The SMILES string of the molecule is CCOC(=O)C1=C(COc2ccc(C(N)=O)cc2)c2c(Br)cccc2C1. The standard InChI is InChI=1S/C20H18BrNO4/c1-2-25-20(24)15-10-13-4-3-5-17(21)18(13)16(15)11-26-14-8-6-12(7-9-14)19(22)23/h3-9H,2,10-11H2,1H3,(H2,22,23). The largest absolute Gasteiger partial charge is 0.489 e. The zero-order chi connectivity index (χ0) is 18.7. The minimum atomic E-state index is -0.488. The summed E-state index contributed by atoms with van der Waals surface area (Å²) in [5.74, 6) is -0.220. The summed E-state index contributed by atoms with van der Waals surface area (Å²) in [6, 6.07) is 12.5. The molecule has 0 bridgehead atoms. The minimum absolute atomic E-state index is 0.222. The molecule has 0 unspecified atom stereocenters. The lowest BCUT2D eigenvalue weighted by molar-refractivity contribution is -0.138. The molecule has 1 amide bonds. The van der Waals surface area contributed by atoms with Gasteiger partial charge in [-0.3, -0.25) is 4.79 Å². The quantitative estimate of drug-likeness (QED) is 0.732. The topological polar surface area (TPSA) is 78.6 Å². The molecule has 26 heavy (non-hydrogen) atoms. The van der Waals surface area contributed by atoms with E-state index in [9.17, 15) is 9.59 Å². The number of fused-ring (bicyclic) bond motifs is 1. The van der Waals surface area contributed by atoms with Gasteiger partial charge in [0.15, 0.2) is 0 Å². The van der Waals surface area contributed by atoms with Crippen LogP contribution in [-0.4, -0.2) is 25.1 Å². The fourth-order valence-corrected chi connectivity index (χ4v) is 3.59. The van der Waals surface area contributed by atoms with E-state index in [1.807, 2.05) is 18.2 Å². The second-order valence-corrected chi connectivity index (χ2v) is 6.66. The molecule has 0 saturated heterocycles. The van der Waals surface area contributed by atoms with Crippen molar-refractivity contribution < 1.29 is 19.1 Å². The Labute approximate surface area is 159 Å². The molecule has 6 heteroatoms. The number of nitrogens with two attached hydrogens (primary N) is 1. The molecule has 0 heterocycles. The van der Waals surface area contributed by atoms with E-state index in [2.05, 4.69) is 15.9 Å². The van der Waals surface area contributed by atoms with Crippen LogP contribution in [0.25, 0.3) is 5.57 Å². The zero-order valence-electron chi connectivity index (χ0n) is 14.3. The third-order valence-corrected chi connectivity index (χ3v) is 4.84. The summed E-state index contributed by atoms with van der Waals surface area (Å²) in [5.41, 5.74) is 9.12. The van der Waals surface area contributed by atoms with Gasteiger partial charge in [-0.25, -0.2) is 4.79 Å². The Morgan fingerprint density at radius 3 is 2.54 bits per heavy atom. The number of esters is 1. The van der Waals surface area contributed by atoms with Crippen LogP contribution in [0.1, 0.15) is 28.4 Å². The van der Waals surface area contributed by atoms with Crippen molar-refractivity contribution in [2.75, 3.05) is 13.2 Å². The van der Waals surface area contributed by atoms with E-state index < -0.39 is 5.91 Å². The zero-order valence-corrected chi connectivity index (χ0v) is 15.8. The lowest BCUT2D eigenvalue weighted by Crippen LogP contribution is -2.12. The average Bonchev–Trinajstić information content (AvgIpc) is 3.00. The van der Waals surface area contributed by atoms with Crippen molar-refractivity contribution in [1.29, 1.82) is 0 Å². The summed E-state index contributed by atoms with van der Waals surface area (Å²) in [7, 11) is 0. The molecule has 134 valence electrons. The molecule has 3 rings (SSSR count). The summed E-state index contributed by atoms with van der Waals surface area (Å²) >= 11 is 3.56. The molecule has 0 atom stereocenters. The molecule has 2 aromatic rings. The third-order valence-electron chi connectivity index (χ3n) is 4.18. The third kappa shape index (κ3) is 3.65. The maximum Gasteiger partial charge on any atom is 0.334 e. The van der Waals surface area contributed by atoms with Crippen molar-refractivity contribution in [2.45, 2.75) is 13.3 Å². The molecule has 0 aromatic heterocycles. The first kappa shape index (κ1) is 18.2. The monoisotopic (exact) mass is 415 g/mol. The van der Waals surface area contributed by atoms with E-state index in [0.29, 0.717) is 29.9 Å². The Morgan fingerprint density at radius 1 is 1.15 bits per heavy atom. The number of benzene rings is 2. The van der Waals surface area contributed by atoms with Gasteiger partial charge >= 0.3 is 5.97 Å². The predicted octanol–water partition coefficient (Wildman–Crippen LogP) is 3.50. The first-order valence-corrected chi connectivity index (χ1v) is 9.00. The number of hydrogen-bond acceptors (Lipinski definition) is 4. The first-order valence-electron chi connectivity index (χ1n) is 8.20. The number of hydrogen-bond donors (Lipinski definition) is 1. The van der Waals surface area contributed by atoms with Gasteiger partial charge in [0.1, 0.15) is 12.4 Å². The second kappa shape index (κ2) is 7.74. The van der Waals surface area contributed by atoms with Crippen LogP contribution in [0.2, 0.25) is 0 Å². The van der Waals surface area contributed by atoms with E-state index in [-0.39, 0.29) is 12.6 Å². The lowest BCUT2D eigenvalue weighted by Gasteiger charge is -2.12. The van der Waals surface area contributed by atoms with Crippen molar-refractivity contribution in [3.63, 3.8) is 0 Å². The van der Waals surface area contributed by atoms with Crippen molar-refractivity contribution in [1.82, 2.24) is 0 Å². The van der Waals surface area contributed by atoms with Gasteiger partial charge in [0.05, 0.1) is 6.61 Å². The van der Waals surface area contributed by atoms with Crippen molar-refractivity contribution in [3.8, 4) is 5.75 Å². The Morgan fingerprint density at radius 2 is 1.88 bits per heavy atom. The number of amides is 1. The maximum absolute atomic E-state index is 12.4. The number of rotatable bonds is 6. The lowest BCUT2D eigenvalue weighted by atomic mass is 10.1. The number of halogens is 1. The smallest absolute Gasteiger partial charge is 0.334 e. The number of ether oxygens (including phenoxy) is 2. The summed E-state index contributed by atoms with van der Waals surface area (Å²) in [4.78, 5) is 23.5. The number of primary amides is 1. The molecule has 5 nitrogen and oxygen atoms in total. The Hall–Kier alpha value is -2.60. The maximum atomic E-state index is 12.4. The minimum Gasteiger partial charge on any atom is -0.489 e. The van der Waals surface area contributed by atoms with Crippen LogP contribution in [-0.2, 0) is 16.0 Å². The van der Waals surface area contributed by atoms with Crippen molar-refractivity contribution in [2.24, 2.45) is 5.73 Å². The molecule has 0 fully saturated rings. The normalized spacial score (nSPS) is 12.7. The van der Waals surface area contributed by atoms with E-state index in [1.54, 1.807) is 31.2 Å². The molecule has 0 radical (unpaired) electrons. The number of carbonyl (C=O) groups is 2. The first-order chi connectivity index (χ1) is 12.5. The van der Waals surface area contributed by atoms with Gasteiger partial charge in [-0.1, -0.05) is 28.1 Å². The summed E-state index contributed by atoms with van der Waals surface area (Å²) in [6.07, 6.45) is 0.521. The highest BCUT2D eigenvalue weighted by atomic mass is 79.9. The summed E-state index contributed by atoms with van der Waals surface area (Å²) < 4.78 is 12.0. The molecule has 1 aliphatic rings. The summed E-state index contributed by atoms with van der Waals surface area (Å²) in [6.45, 7) is 2.33. The van der Waals surface area contributed by atoms with Gasteiger partial charge in [-0.05, 0) is 48.4 Å². The summed E-state index contributed by atoms with van der Waals surface area (Å²) in [5, 5.41) is 0. The van der Waals surface area contributed by atoms with Crippen LogP contribution in [0, 0.1) is 0 Å².